The largest absolute Gasteiger partial charge is 0.465 e. The molecule has 4 heterocycles. The highest BCUT2D eigenvalue weighted by atomic mass is 32.1. The molecule has 0 radical (unpaired) electrons. The molecule has 1 N–H and O–H groups in total. The van der Waals surface area contributed by atoms with E-state index in [1.807, 2.05) is 41.8 Å². The van der Waals surface area contributed by atoms with Crippen molar-refractivity contribution in [3.63, 3.8) is 0 Å². The Morgan fingerprint density at radius 3 is 2.57 bits per heavy atom. The number of rotatable bonds is 9. The zero-order valence-electron chi connectivity index (χ0n) is 20.2. The molecule has 11 heteroatoms. The standard InChI is InChI=1S/C26H24N4O6S/c1-3-33-25(31)21(26(32)34-4-2)23-29-22(28-12-16-7-5-6-10-27-16)20-17(13-37-24(20)30-23)15-8-9-18-19(11-15)36-14-35-18/h5-11,13,21H,3-4,12,14H2,1-2H3,(H,28,29,30). The van der Waals surface area contributed by atoms with E-state index in [-0.39, 0.29) is 25.8 Å². The SMILES string of the molecule is CCOC(=O)C(C(=O)OCC)c1nc(NCc2ccccn2)c2c(-c3ccc4c(c3)OCO4)csc2n1. The second kappa shape index (κ2) is 10.8. The molecule has 3 aromatic heterocycles. The van der Waals surface area contributed by atoms with E-state index in [2.05, 4.69) is 20.3 Å². The Morgan fingerprint density at radius 1 is 1.05 bits per heavy atom. The minimum Gasteiger partial charge on any atom is -0.465 e. The molecule has 0 amide bonds. The van der Waals surface area contributed by atoms with E-state index >= 15 is 0 Å². The van der Waals surface area contributed by atoms with E-state index in [0.29, 0.717) is 28.7 Å². The molecule has 1 aromatic carbocycles. The molecule has 37 heavy (non-hydrogen) atoms. The van der Waals surface area contributed by atoms with Crippen molar-refractivity contribution >= 4 is 39.3 Å². The van der Waals surface area contributed by atoms with Gasteiger partial charge in [0.2, 0.25) is 12.7 Å². The van der Waals surface area contributed by atoms with Gasteiger partial charge in [-0.2, -0.15) is 0 Å². The summed E-state index contributed by atoms with van der Waals surface area (Å²) in [6.07, 6.45) is 1.71. The smallest absolute Gasteiger partial charge is 0.328 e. The van der Waals surface area contributed by atoms with E-state index in [1.54, 1.807) is 20.0 Å². The van der Waals surface area contributed by atoms with Crippen LogP contribution in [0.2, 0.25) is 0 Å². The molecule has 0 spiro atoms. The van der Waals surface area contributed by atoms with Gasteiger partial charge in [0.1, 0.15) is 10.6 Å². The van der Waals surface area contributed by atoms with Crippen molar-refractivity contribution in [1.29, 1.82) is 0 Å². The average molecular weight is 521 g/mol. The van der Waals surface area contributed by atoms with Crippen molar-refractivity contribution in [3.8, 4) is 22.6 Å². The van der Waals surface area contributed by atoms with Gasteiger partial charge in [-0.05, 0) is 43.7 Å². The lowest BCUT2D eigenvalue weighted by Crippen LogP contribution is -2.28. The molecule has 1 aliphatic heterocycles. The third kappa shape index (κ3) is 5.03. The third-order valence-electron chi connectivity index (χ3n) is 5.60. The maximum atomic E-state index is 12.8. The maximum absolute atomic E-state index is 12.8. The number of carbonyl (C=O) groups is 2. The number of benzene rings is 1. The fraction of sp³-hybridized carbons (Fsp3) is 0.269. The van der Waals surface area contributed by atoms with Crippen LogP contribution in [0.3, 0.4) is 0 Å². The van der Waals surface area contributed by atoms with Crippen LogP contribution in [0.5, 0.6) is 11.5 Å². The summed E-state index contributed by atoms with van der Waals surface area (Å²) in [7, 11) is 0. The Hall–Kier alpha value is -4.25. The predicted octanol–water partition coefficient (Wildman–Crippen LogP) is 4.30. The first kappa shape index (κ1) is 24.4. The van der Waals surface area contributed by atoms with Gasteiger partial charge in [0.15, 0.2) is 17.3 Å². The molecule has 4 aromatic rings. The van der Waals surface area contributed by atoms with Crippen LogP contribution in [-0.2, 0) is 25.6 Å². The second-order valence-electron chi connectivity index (χ2n) is 7.94. The number of hydrogen-bond donors (Lipinski definition) is 1. The second-order valence-corrected chi connectivity index (χ2v) is 8.80. The normalized spacial score (nSPS) is 12.1. The Bertz CT molecular complexity index is 1420. The Kier molecular flexibility index (Phi) is 7.13. The van der Waals surface area contributed by atoms with Gasteiger partial charge in [-0.15, -0.1) is 11.3 Å². The molecule has 0 atom stereocenters. The average Bonchev–Trinajstić information content (AvgIpc) is 3.55. The monoisotopic (exact) mass is 520 g/mol. The Labute approximate surface area is 216 Å². The topological polar surface area (TPSA) is 122 Å². The van der Waals surface area contributed by atoms with E-state index in [0.717, 1.165) is 22.2 Å². The third-order valence-corrected chi connectivity index (χ3v) is 6.47. The molecule has 0 fully saturated rings. The summed E-state index contributed by atoms with van der Waals surface area (Å²) in [5, 5.41) is 6.02. The summed E-state index contributed by atoms with van der Waals surface area (Å²) in [6, 6.07) is 11.3. The van der Waals surface area contributed by atoms with E-state index in [1.165, 1.54) is 11.3 Å². The number of esters is 2. The quantitative estimate of drug-likeness (QED) is 0.252. The van der Waals surface area contributed by atoms with Gasteiger partial charge in [-0.3, -0.25) is 14.6 Å². The summed E-state index contributed by atoms with van der Waals surface area (Å²) in [5.41, 5.74) is 2.56. The first-order valence-corrected chi connectivity index (χ1v) is 12.6. The minimum atomic E-state index is -1.41. The number of thiophene rings is 1. The lowest BCUT2D eigenvalue weighted by molar-refractivity contribution is -0.157. The van der Waals surface area contributed by atoms with Crippen molar-refractivity contribution in [2.45, 2.75) is 26.3 Å². The van der Waals surface area contributed by atoms with Crippen LogP contribution >= 0.6 is 11.3 Å². The molecule has 0 saturated carbocycles. The lowest BCUT2D eigenvalue weighted by Gasteiger charge is -2.15. The fourth-order valence-corrected chi connectivity index (χ4v) is 4.88. The Morgan fingerprint density at radius 2 is 1.84 bits per heavy atom. The highest BCUT2D eigenvalue weighted by Gasteiger charge is 2.35. The molecule has 10 nitrogen and oxygen atoms in total. The van der Waals surface area contributed by atoms with Gasteiger partial charge < -0.3 is 24.3 Å². The zero-order valence-corrected chi connectivity index (χ0v) is 21.0. The minimum absolute atomic E-state index is 0.00649. The van der Waals surface area contributed by atoms with Crippen LogP contribution in [0.1, 0.15) is 31.3 Å². The Balaban J connectivity index is 1.62. The molecular formula is C26H24N4O6S. The number of aromatic nitrogens is 3. The number of nitrogens with zero attached hydrogens (tertiary/aromatic N) is 3. The fourth-order valence-electron chi connectivity index (χ4n) is 3.93. The van der Waals surface area contributed by atoms with Gasteiger partial charge >= 0.3 is 11.9 Å². The zero-order chi connectivity index (χ0) is 25.8. The van der Waals surface area contributed by atoms with Crippen LogP contribution < -0.4 is 14.8 Å². The molecule has 0 bridgehead atoms. The van der Waals surface area contributed by atoms with Gasteiger partial charge in [0.25, 0.3) is 0 Å². The molecule has 190 valence electrons. The molecule has 0 unspecified atom stereocenters. The number of anilines is 1. The lowest BCUT2D eigenvalue weighted by atomic mass is 10.0. The van der Waals surface area contributed by atoms with Crippen LogP contribution in [0.25, 0.3) is 21.3 Å². The summed E-state index contributed by atoms with van der Waals surface area (Å²) < 4.78 is 21.3. The predicted molar refractivity (Wildman–Crippen MR) is 137 cm³/mol. The molecule has 1 aliphatic rings. The van der Waals surface area contributed by atoms with Gasteiger partial charge in [0, 0.05) is 17.1 Å². The summed E-state index contributed by atoms with van der Waals surface area (Å²) in [4.78, 5) is 39.8. The van der Waals surface area contributed by atoms with E-state index in [9.17, 15) is 9.59 Å². The van der Waals surface area contributed by atoms with Crippen molar-refractivity contribution < 1.29 is 28.5 Å². The van der Waals surface area contributed by atoms with Gasteiger partial charge in [0.05, 0.1) is 30.8 Å². The molecule has 5 rings (SSSR count). The number of nitrogens with one attached hydrogen (secondary N) is 1. The number of hydrogen-bond acceptors (Lipinski definition) is 11. The first-order valence-electron chi connectivity index (χ1n) is 11.7. The van der Waals surface area contributed by atoms with Crippen molar-refractivity contribution in [2.75, 3.05) is 25.3 Å². The van der Waals surface area contributed by atoms with Crippen LogP contribution in [0.4, 0.5) is 5.82 Å². The first-order chi connectivity index (χ1) is 18.1. The van der Waals surface area contributed by atoms with Crippen molar-refractivity contribution in [3.05, 3.63) is 59.5 Å². The van der Waals surface area contributed by atoms with Gasteiger partial charge in [-0.25, -0.2) is 9.97 Å². The highest BCUT2D eigenvalue weighted by molar-refractivity contribution is 7.17. The van der Waals surface area contributed by atoms with Crippen molar-refractivity contribution in [2.24, 2.45) is 0 Å². The summed E-state index contributed by atoms with van der Waals surface area (Å²) in [6.45, 7) is 4.09. The summed E-state index contributed by atoms with van der Waals surface area (Å²) >= 11 is 1.38. The van der Waals surface area contributed by atoms with Gasteiger partial charge in [-0.1, -0.05) is 12.1 Å². The molecule has 0 aliphatic carbocycles. The van der Waals surface area contributed by atoms with Crippen LogP contribution in [0.15, 0.2) is 48.0 Å². The number of pyridine rings is 1. The van der Waals surface area contributed by atoms with E-state index in [4.69, 9.17) is 18.9 Å². The van der Waals surface area contributed by atoms with Crippen LogP contribution in [0, 0.1) is 0 Å². The summed E-state index contributed by atoms with van der Waals surface area (Å²) in [5.74, 6) is -1.13. The van der Waals surface area contributed by atoms with E-state index < -0.39 is 17.9 Å². The highest BCUT2D eigenvalue weighted by Crippen LogP contribution is 2.42. The molecular weight excluding hydrogens is 496 g/mol. The number of ether oxygens (including phenoxy) is 4. The number of carbonyl (C=O) groups excluding carboxylic acids is 2. The number of fused-ring (bicyclic) bond motifs is 2. The van der Waals surface area contributed by atoms with Crippen molar-refractivity contribution in [1.82, 2.24) is 15.0 Å². The molecule has 0 saturated heterocycles. The maximum Gasteiger partial charge on any atom is 0.328 e. The van der Waals surface area contributed by atoms with Crippen LogP contribution in [-0.4, -0.2) is 46.9 Å².